The van der Waals surface area contributed by atoms with E-state index in [0.29, 0.717) is 5.88 Å². The lowest BCUT2D eigenvalue weighted by Gasteiger charge is -2.02. The second kappa shape index (κ2) is 3.88. The van der Waals surface area contributed by atoms with Gasteiger partial charge in [-0.2, -0.15) is 0 Å². The molecule has 0 amide bonds. The van der Waals surface area contributed by atoms with Crippen LogP contribution in [0.5, 0.6) is 5.75 Å². The Morgan fingerprint density at radius 1 is 1.50 bits per heavy atom. The SMILES string of the molecule is COc1ccc2ncn(CCCl)c2c1. The molecule has 0 atom stereocenters. The third kappa shape index (κ3) is 1.55. The zero-order chi connectivity index (χ0) is 9.97. The summed E-state index contributed by atoms with van der Waals surface area (Å²) in [5, 5.41) is 0. The second-order valence-corrected chi connectivity index (χ2v) is 3.36. The van der Waals surface area contributed by atoms with E-state index in [1.165, 1.54) is 0 Å². The molecular formula is C10H11ClN2O. The summed E-state index contributed by atoms with van der Waals surface area (Å²) in [4.78, 5) is 4.26. The van der Waals surface area contributed by atoms with Crippen LogP contribution in [0.3, 0.4) is 0 Å². The quantitative estimate of drug-likeness (QED) is 0.727. The molecule has 2 aromatic rings. The van der Waals surface area contributed by atoms with E-state index in [2.05, 4.69) is 4.98 Å². The van der Waals surface area contributed by atoms with Crippen LogP contribution < -0.4 is 4.74 Å². The summed E-state index contributed by atoms with van der Waals surface area (Å²) in [5.74, 6) is 1.43. The van der Waals surface area contributed by atoms with Crippen LogP contribution in [0.2, 0.25) is 0 Å². The van der Waals surface area contributed by atoms with Gasteiger partial charge in [-0.25, -0.2) is 4.98 Å². The predicted octanol–water partition coefficient (Wildman–Crippen LogP) is 2.28. The highest BCUT2D eigenvalue weighted by Gasteiger charge is 2.02. The van der Waals surface area contributed by atoms with E-state index in [-0.39, 0.29) is 0 Å². The van der Waals surface area contributed by atoms with E-state index >= 15 is 0 Å². The standard InChI is InChI=1S/C10H11ClN2O/c1-14-8-2-3-9-10(6-8)13(5-4-11)7-12-9/h2-3,6-7H,4-5H2,1H3. The molecule has 1 aromatic heterocycles. The fraction of sp³-hybridized carbons (Fsp3) is 0.300. The summed E-state index contributed by atoms with van der Waals surface area (Å²) in [6.45, 7) is 0.769. The number of nitrogens with zero attached hydrogens (tertiary/aromatic N) is 2. The number of imidazole rings is 1. The third-order valence-corrected chi connectivity index (χ3v) is 2.32. The smallest absolute Gasteiger partial charge is 0.121 e. The topological polar surface area (TPSA) is 27.1 Å². The fourth-order valence-electron chi connectivity index (χ4n) is 1.43. The summed E-state index contributed by atoms with van der Waals surface area (Å²) < 4.78 is 7.17. The van der Waals surface area contributed by atoms with Crippen LogP contribution in [0.15, 0.2) is 24.5 Å². The van der Waals surface area contributed by atoms with Gasteiger partial charge in [-0.05, 0) is 12.1 Å². The maximum atomic E-state index is 5.69. The Morgan fingerprint density at radius 2 is 2.36 bits per heavy atom. The van der Waals surface area contributed by atoms with Gasteiger partial charge in [0.2, 0.25) is 0 Å². The number of rotatable bonds is 3. The number of halogens is 1. The molecule has 3 nitrogen and oxygen atoms in total. The number of aryl methyl sites for hydroxylation is 1. The first-order valence-corrected chi connectivity index (χ1v) is 4.93. The number of methoxy groups -OCH3 is 1. The summed E-state index contributed by atoms with van der Waals surface area (Å²) >= 11 is 5.69. The van der Waals surface area contributed by atoms with Crippen molar-refractivity contribution in [3.63, 3.8) is 0 Å². The number of hydrogen-bond donors (Lipinski definition) is 0. The molecule has 0 saturated carbocycles. The highest BCUT2D eigenvalue weighted by molar-refractivity contribution is 6.17. The Kier molecular flexibility index (Phi) is 2.59. The van der Waals surface area contributed by atoms with Crippen molar-refractivity contribution in [3.05, 3.63) is 24.5 Å². The van der Waals surface area contributed by atoms with Gasteiger partial charge in [0.05, 0.1) is 24.5 Å². The molecule has 1 aromatic carbocycles. The molecule has 4 heteroatoms. The zero-order valence-corrected chi connectivity index (χ0v) is 8.66. The van der Waals surface area contributed by atoms with Crippen molar-refractivity contribution in [2.75, 3.05) is 13.0 Å². The van der Waals surface area contributed by atoms with E-state index in [9.17, 15) is 0 Å². The molecule has 0 N–H and O–H groups in total. The van der Waals surface area contributed by atoms with E-state index in [1.54, 1.807) is 13.4 Å². The molecule has 14 heavy (non-hydrogen) atoms. The molecular weight excluding hydrogens is 200 g/mol. The Labute approximate surface area is 87.3 Å². The minimum Gasteiger partial charge on any atom is -0.497 e. The van der Waals surface area contributed by atoms with E-state index in [1.807, 2.05) is 22.8 Å². The molecule has 0 saturated heterocycles. The van der Waals surface area contributed by atoms with E-state index < -0.39 is 0 Å². The van der Waals surface area contributed by atoms with Crippen LogP contribution in [0.1, 0.15) is 0 Å². The lowest BCUT2D eigenvalue weighted by molar-refractivity contribution is 0.415. The lowest BCUT2D eigenvalue weighted by atomic mass is 10.3. The van der Waals surface area contributed by atoms with Crippen LogP contribution in [0, 0.1) is 0 Å². The molecule has 0 radical (unpaired) electrons. The van der Waals surface area contributed by atoms with Gasteiger partial charge in [0.1, 0.15) is 5.75 Å². The fourth-order valence-corrected chi connectivity index (χ4v) is 1.61. The van der Waals surface area contributed by atoms with Crippen LogP contribution in [0.4, 0.5) is 0 Å². The van der Waals surface area contributed by atoms with Crippen molar-refractivity contribution in [2.24, 2.45) is 0 Å². The molecule has 1 heterocycles. The second-order valence-electron chi connectivity index (χ2n) is 2.98. The first-order chi connectivity index (χ1) is 6.85. The Balaban J connectivity index is 2.52. The van der Waals surface area contributed by atoms with Gasteiger partial charge in [0.25, 0.3) is 0 Å². The van der Waals surface area contributed by atoms with Crippen LogP contribution >= 0.6 is 11.6 Å². The monoisotopic (exact) mass is 210 g/mol. The van der Waals surface area contributed by atoms with Crippen molar-refractivity contribution in [1.82, 2.24) is 9.55 Å². The van der Waals surface area contributed by atoms with Crippen molar-refractivity contribution in [1.29, 1.82) is 0 Å². The van der Waals surface area contributed by atoms with Gasteiger partial charge < -0.3 is 9.30 Å². The summed E-state index contributed by atoms with van der Waals surface area (Å²) in [5.41, 5.74) is 2.03. The molecule has 0 bridgehead atoms. The van der Waals surface area contributed by atoms with E-state index in [4.69, 9.17) is 16.3 Å². The first kappa shape index (κ1) is 9.34. The molecule has 74 valence electrons. The lowest BCUT2D eigenvalue weighted by Crippen LogP contribution is -1.96. The Morgan fingerprint density at radius 3 is 3.07 bits per heavy atom. The van der Waals surface area contributed by atoms with Crippen molar-refractivity contribution in [3.8, 4) is 5.75 Å². The highest BCUT2D eigenvalue weighted by Crippen LogP contribution is 2.19. The first-order valence-electron chi connectivity index (χ1n) is 4.40. The number of hydrogen-bond acceptors (Lipinski definition) is 2. The molecule has 2 rings (SSSR count). The molecule has 0 spiro atoms. The molecule has 0 aliphatic carbocycles. The number of fused-ring (bicyclic) bond motifs is 1. The summed E-state index contributed by atoms with van der Waals surface area (Å²) in [6, 6.07) is 5.81. The Bertz CT molecular complexity index is 439. The van der Waals surface area contributed by atoms with Crippen molar-refractivity contribution >= 4 is 22.6 Å². The normalized spacial score (nSPS) is 10.7. The van der Waals surface area contributed by atoms with Crippen LogP contribution in [0.25, 0.3) is 11.0 Å². The van der Waals surface area contributed by atoms with Gasteiger partial charge in [0, 0.05) is 18.5 Å². The molecule has 0 fully saturated rings. The van der Waals surface area contributed by atoms with Gasteiger partial charge in [0.15, 0.2) is 0 Å². The zero-order valence-electron chi connectivity index (χ0n) is 7.90. The number of ether oxygens (including phenoxy) is 1. The van der Waals surface area contributed by atoms with Gasteiger partial charge in [-0.3, -0.25) is 0 Å². The van der Waals surface area contributed by atoms with Crippen molar-refractivity contribution < 1.29 is 4.74 Å². The maximum absolute atomic E-state index is 5.69. The van der Waals surface area contributed by atoms with Gasteiger partial charge in [-0.15, -0.1) is 11.6 Å². The minimum atomic E-state index is 0.586. The minimum absolute atomic E-state index is 0.586. The third-order valence-electron chi connectivity index (χ3n) is 2.15. The number of alkyl halides is 1. The summed E-state index contributed by atoms with van der Waals surface area (Å²) in [7, 11) is 1.66. The molecule has 0 aliphatic heterocycles. The van der Waals surface area contributed by atoms with Crippen LogP contribution in [-0.2, 0) is 6.54 Å². The molecule has 0 aliphatic rings. The predicted molar refractivity (Wildman–Crippen MR) is 57.0 cm³/mol. The average molecular weight is 211 g/mol. The maximum Gasteiger partial charge on any atom is 0.121 e. The number of benzene rings is 1. The largest absolute Gasteiger partial charge is 0.497 e. The van der Waals surface area contributed by atoms with E-state index in [0.717, 1.165) is 23.3 Å². The molecule has 0 unspecified atom stereocenters. The van der Waals surface area contributed by atoms with Gasteiger partial charge in [-0.1, -0.05) is 0 Å². The Hall–Kier alpha value is -1.22. The van der Waals surface area contributed by atoms with Crippen LogP contribution in [-0.4, -0.2) is 22.5 Å². The average Bonchev–Trinajstić information content (AvgIpc) is 2.61. The summed E-state index contributed by atoms with van der Waals surface area (Å²) in [6.07, 6.45) is 1.80. The number of aromatic nitrogens is 2. The van der Waals surface area contributed by atoms with Crippen molar-refractivity contribution in [2.45, 2.75) is 6.54 Å². The van der Waals surface area contributed by atoms with Gasteiger partial charge >= 0.3 is 0 Å². The highest BCUT2D eigenvalue weighted by atomic mass is 35.5.